The number of carbonyl (C=O) groups is 1. The Bertz CT molecular complexity index is 118. The molecule has 4 heteroatoms. The third kappa shape index (κ3) is 5.09. The molecule has 2 N–H and O–H groups in total. The minimum atomic E-state index is -0.462. The summed E-state index contributed by atoms with van der Waals surface area (Å²) in [4.78, 5) is 10.4. The summed E-state index contributed by atoms with van der Waals surface area (Å²) in [6, 6.07) is -0.462. The summed E-state index contributed by atoms with van der Waals surface area (Å²) in [7, 11) is 0.356. The zero-order valence-electron chi connectivity index (χ0n) is 6.26. The molecule has 0 saturated carbocycles. The Morgan fingerprint density at radius 1 is 1.70 bits per heavy atom. The maximum Gasteiger partial charge on any atom is 0.238 e. The molecule has 0 spiro atoms. The Kier molecular flexibility index (Phi) is 5.13. The summed E-state index contributed by atoms with van der Waals surface area (Å²) in [5.74, 6) is 0.986. The highest BCUT2D eigenvalue weighted by atomic mass is 35.5. The van der Waals surface area contributed by atoms with Gasteiger partial charge in [-0.05, 0) is 22.5 Å². The normalized spacial score (nSPS) is 13.7. The molecule has 0 amide bonds. The molecule has 0 aromatic rings. The van der Waals surface area contributed by atoms with Gasteiger partial charge in [0.25, 0.3) is 0 Å². The van der Waals surface area contributed by atoms with Gasteiger partial charge in [0.1, 0.15) is 5.75 Å². The highest BCUT2D eigenvalue weighted by Crippen LogP contribution is 1.97. The van der Waals surface area contributed by atoms with Gasteiger partial charge in [0.2, 0.25) is 5.24 Å². The van der Waals surface area contributed by atoms with E-state index >= 15 is 0 Å². The largest absolute Gasteiger partial charge is 0.320 e. The molecular formula is C6H13ClNOS+. The van der Waals surface area contributed by atoms with Crippen molar-refractivity contribution < 1.29 is 4.79 Å². The lowest BCUT2D eigenvalue weighted by molar-refractivity contribution is -0.112. The van der Waals surface area contributed by atoms with E-state index in [2.05, 4.69) is 12.5 Å². The van der Waals surface area contributed by atoms with E-state index in [0.29, 0.717) is 17.3 Å². The predicted octanol–water partition coefficient (Wildman–Crippen LogP) is 0.347. The summed E-state index contributed by atoms with van der Waals surface area (Å²) in [6.07, 6.45) is 4.94. The summed E-state index contributed by atoms with van der Waals surface area (Å²) >= 11 is 5.15. The molecule has 1 atom stereocenters. The molecule has 60 valence electrons. The van der Waals surface area contributed by atoms with Gasteiger partial charge in [-0.25, -0.2) is 0 Å². The molecule has 0 fully saturated rings. The second-order valence-electron chi connectivity index (χ2n) is 2.39. The smallest absolute Gasteiger partial charge is 0.238 e. The molecule has 10 heavy (non-hydrogen) atoms. The quantitative estimate of drug-likeness (QED) is 0.504. The van der Waals surface area contributed by atoms with Crippen molar-refractivity contribution >= 4 is 27.7 Å². The van der Waals surface area contributed by atoms with Crippen LogP contribution in [-0.2, 0) is 15.7 Å². The minimum Gasteiger partial charge on any atom is -0.320 e. The zero-order valence-corrected chi connectivity index (χ0v) is 7.84. The van der Waals surface area contributed by atoms with Gasteiger partial charge in [-0.2, -0.15) is 0 Å². The number of halogens is 1. The van der Waals surface area contributed by atoms with Crippen LogP contribution >= 0.6 is 11.6 Å². The second kappa shape index (κ2) is 4.99. The molecule has 2 nitrogen and oxygen atoms in total. The average Bonchev–Trinajstić information content (AvgIpc) is 1.82. The first-order chi connectivity index (χ1) is 4.54. The molecule has 0 radical (unpaired) electrons. The SMILES string of the molecule is C[S+](C)CC[C@H](N)C(=O)Cl. The van der Waals surface area contributed by atoms with Gasteiger partial charge >= 0.3 is 0 Å². The van der Waals surface area contributed by atoms with Gasteiger partial charge in [0, 0.05) is 6.42 Å². The van der Waals surface area contributed by atoms with Gasteiger partial charge in [0.15, 0.2) is 0 Å². The van der Waals surface area contributed by atoms with E-state index in [1.54, 1.807) is 0 Å². The van der Waals surface area contributed by atoms with Crippen molar-refractivity contribution in [3.63, 3.8) is 0 Å². The Hall–Kier alpha value is 0.270. The minimum absolute atomic E-state index is 0.356. The van der Waals surface area contributed by atoms with Crippen LogP contribution in [0.3, 0.4) is 0 Å². The first-order valence-corrected chi connectivity index (χ1v) is 5.62. The molecule has 0 saturated heterocycles. The summed E-state index contributed by atoms with van der Waals surface area (Å²) in [5, 5.41) is -0.426. The Labute approximate surface area is 69.5 Å². The maximum atomic E-state index is 10.4. The Morgan fingerprint density at radius 3 is 2.50 bits per heavy atom. The molecular weight excluding hydrogens is 170 g/mol. The van der Waals surface area contributed by atoms with E-state index in [1.165, 1.54) is 0 Å². The van der Waals surface area contributed by atoms with Crippen LogP contribution in [0.15, 0.2) is 0 Å². The number of nitrogens with two attached hydrogens (primary N) is 1. The summed E-state index contributed by atoms with van der Waals surface area (Å²) in [5.41, 5.74) is 5.39. The topological polar surface area (TPSA) is 43.1 Å². The van der Waals surface area contributed by atoms with Crippen molar-refractivity contribution in [3.05, 3.63) is 0 Å². The molecule has 0 aliphatic rings. The Morgan fingerprint density at radius 2 is 2.20 bits per heavy atom. The van der Waals surface area contributed by atoms with E-state index in [1.807, 2.05) is 0 Å². The standard InChI is InChI=1S/C6H13ClNOS/c1-10(2)4-3-5(8)6(7)9/h5H,3-4,8H2,1-2H3/q+1/t5-/m0/s1. The van der Waals surface area contributed by atoms with Gasteiger partial charge < -0.3 is 5.73 Å². The highest BCUT2D eigenvalue weighted by Gasteiger charge is 2.13. The van der Waals surface area contributed by atoms with Crippen LogP contribution < -0.4 is 5.73 Å². The van der Waals surface area contributed by atoms with Crippen molar-refractivity contribution in [2.45, 2.75) is 12.5 Å². The van der Waals surface area contributed by atoms with Crippen molar-refractivity contribution in [1.29, 1.82) is 0 Å². The van der Waals surface area contributed by atoms with E-state index < -0.39 is 11.3 Å². The number of carbonyl (C=O) groups excluding carboxylic acids is 1. The van der Waals surface area contributed by atoms with E-state index in [0.717, 1.165) is 5.75 Å². The van der Waals surface area contributed by atoms with Crippen LogP contribution in [0, 0.1) is 0 Å². The lowest BCUT2D eigenvalue weighted by Gasteiger charge is -2.02. The van der Waals surface area contributed by atoms with Gasteiger partial charge in [-0.1, -0.05) is 0 Å². The van der Waals surface area contributed by atoms with Gasteiger partial charge in [-0.3, -0.25) is 4.79 Å². The summed E-state index contributed by atoms with van der Waals surface area (Å²) in [6.45, 7) is 0. The van der Waals surface area contributed by atoms with Crippen LogP contribution in [0.25, 0.3) is 0 Å². The molecule has 0 aliphatic carbocycles. The van der Waals surface area contributed by atoms with Crippen LogP contribution in [0.2, 0.25) is 0 Å². The summed E-state index contributed by atoms with van der Waals surface area (Å²) < 4.78 is 0. The monoisotopic (exact) mass is 182 g/mol. The molecule has 0 rings (SSSR count). The van der Waals surface area contributed by atoms with Crippen LogP contribution in [0.5, 0.6) is 0 Å². The van der Waals surface area contributed by atoms with Crippen LogP contribution in [0.1, 0.15) is 6.42 Å². The van der Waals surface area contributed by atoms with Crippen molar-refractivity contribution in [2.24, 2.45) is 5.73 Å². The third-order valence-electron chi connectivity index (χ3n) is 1.13. The van der Waals surface area contributed by atoms with Gasteiger partial charge in [-0.15, -0.1) is 0 Å². The predicted molar refractivity (Wildman–Crippen MR) is 47.5 cm³/mol. The van der Waals surface area contributed by atoms with E-state index in [-0.39, 0.29) is 0 Å². The van der Waals surface area contributed by atoms with Crippen molar-refractivity contribution in [2.75, 3.05) is 18.3 Å². The molecule has 0 bridgehead atoms. The average molecular weight is 183 g/mol. The van der Waals surface area contributed by atoms with Crippen molar-refractivity contribution in [3.8, 4) is 0 Å². The first-order valence-electron chi connectivity index (χ1n) is 3.03. The van der Waals surface area contributed by atoms with Crippen LogP contribution in [0.4, 0.5) is 0 Å². The maximum absolute atomic E-state index is 10.4. The molecule has 0 aromatic heterocycles. The third-order valence-corrected chi connectivity index (χ3v) is 2.46. The number of hydrogen-bond acceptors (Lipinski definition) is 2. The molecule has 0 unspecified atom stereocenters. The fraction of sp³-hybridized carbons (Fsp3) is 0.833. The number of hydrogen-bond donors (Lipinski definition) is 1. The molecule has 0 aliphatic heterocycles. The number of rotatable bonds is 4. The lowest BCUT2D eigenvalue weighted by atomic mass is 10.3. The lowest BCUT2D eigenvalue weighted by Crippen LogP contribution is -2.29. The fourth-order valence-corrected chi connectivity index (χ4v) is 1.31. The fourth-order valence-electron chi connectivity index (χ4n) is 0.476. The Balaban J connectivity index is 3.40. The zero-order chi connectivity index (χ0) is 8.15. The van der Waals surface area contributed by atoms with E-state index in [4.69, 9.17) is 17.3 Å². The second-order valence-corrected chi connectivity index (χ2v) is 5.14. The molecule has 0 aromatic carbocycles. The van der Waals surface area contributed by atoms with Crippen molar-refractivity contribution in [1.82, 2.24) is 0 Å². The first kappa shape index (κ1) is 10.3. The van der Waals surface area contributed by atoms with Crippen LogP contribution in [-0.4, -0.2) is 29.5 Å². The van der Waals surface area contributed by atoms with Gasteiger partial charge in [0.05, 0.1) is 18.6 Å². The van der Waals surface area contributed by atoms with E-state index in [9.17, 15) is 4.79 Å². The molecule has 0 heterocycles. The highest BCUT2D eigenvalue weighted by molar-refractivity contribution is 7.95.